The molecule has 0 saturated carbocycles. The van der Waals surface area contributed by atoms with Gasteiger partial charge in [-0.3, -0.25) is 4.79 Å². The molecule has 2 aromatic rings. The molecule has 1 amide bonds. The van der Waals surface area contributed by atoms with Crippen LogP contribution in [0.15, 0.2) is 28.1 Å². The van der Waals surface area contributed by atoms with E-state index in [0.717, 1.165) is 5.01 Å². The SMILES string of the molecule is Cc1nc(C(=O)Nc2ccc(Br)cc2F)cs1. The summed E-state index contributed by atoms with van der Waals surface area (Å²) >= 11 is 4.52. The lowest BCUT2D eigenvalue weighted by Gasteiger charge is -2.04. The minimum absolute atomic E-state index is 0.142. The van der Waals surface area contributed by atoms with Crippen LogP contribution in [0.2, 0.25) is 0 Å². The highest BCUT2D eigenvalue weighted by molar-refractivity contribution is 9.10. The van der Waals surface area contributed by atoms with Crippen molar-refractivity contribution in [1.82, 2.24) is 4.98 Å². The van der Waals surface area contributed by atoms with Crippen LogP contribution >= 0.6 is 27.3 Å². The first-order valence-electron chi connectivity index (χ1n) is 4.75. The van der Waals surface area contributed by atoms with E-state index in [2.05, 4.69) is 26.2 Å². The van der Waals surface area contributed by atoms with Crippen LogP contribution < -0.4 is 5.32 Å². The molecule has 2 rings (SSSR count). The summed E-state index contributed by atoms with van der Waals surface area (Å²) in [4.78, 5) is 15.7. The molecule has 0 spiro atoms. The van der Waals surface area contributed by atoms with Gasteiger partial charge in [0.05, 0.1) is 10.7 Å². The van der Waals surface area contributed by atoms with E-state index >= 15 is 0 Å². The summed E-state index contributed by atoms with van der Waals surface area (Å²) in [6.07, 6.45) is 0. The van der Waals surface area contributed by atoms with Crippen molar-refractivity contribution in [2.24, 2.45) is 0 Å². The number of aryl methyl sites for hydroxylation is 1. The Hall–Kier alpha value is -1.27. The van der Waals surface area contributed by atoms with Crippen LogP contribution in [0.3, 0.4) is 0 Å². The summed E-state index contributed by atoms with van der Waals surface area (Å²) in [5.41, 5.74) is 0.443. The molecule has 0 atom stereocenters. The van der Waals surface area contributed by atoms with Crippen molar-refractivity contribution in [1.29, 1.82) is 0 Å². The number of nitrogens with zero attached hydrogens (tertiary/aromatic N) is 1. The second-order valence-electron chi connectivity index (χ2n) is 3.33. The molecule has 0 saturated heterocycles. The van der Waals surface area contributed by atoms with Crippen LogP contribution in [-0.2, 0) is 0 Å². The van der Waals surface area contributed by atoms with Crippen LogP contribution in [-0.4, -0.2) is 10.9 Å². The van der Waals surface area contributed by atoms with Gasteiger partial charge in [0.15, 0.2) is 0 Å². The zero-order valence-electron chi connectivity index (χ0n) is 8.83. The predicted octanol–water partition coefficient (Wildman–Crippen LogP) is 3.61. The summed E-state index contributed by atoms with van der Waals surface area (Å²) < 4.78 is 14.1. The van der Waals surface area contributed by atoms with E-state index in [1.54, 1.807) is 11.4 Å². The van der Waals surface area contributed by atoms with Crippen LogP contribution in [0.4, 0.5) is 10.1 Å². The molecule has 0 unspecified atom stereocenters. The van der Waals surface area contributed by atoms with Gasteiger partial charge in [-0.25, -0.2) is 9.37 Å². The van der Waals surface area contributed by atoms with E-state index in [0.29, 0.717) is 10.2 Å². The number of benzene rings is 1. The van der Waals surface area contributed by atoms with Gasteiger partial charge in [-0.1, -0.05) is 15.9 Å². The summed E-state index contributed by atoms with van der Waals surface area (Å²) in [6.45, 7) is 1.81. The number of hydrogen-bond donors (Lipinski definition) is 1. The highest BCUT2D eigenvalue weighted by Crippen LogP contribution is 2.20. The number of carbonyl (C=O) groups is 1. The molecule has 0 radical (unpaired) electrons. The van der Waals surface area contributed by atoms with Crippen molar-refractivity contribution in [2.45, 2.75) is 6.92 Å². The predicted molar refractivity (Wildman–Crippen MR) is 68.9 cm³/mol. The molecule has 3 nitrogen and oxygen atoms in total. The molecule has 17 heavy (non-hydrogen) atoms. The van der Waals surface area contributed by atoms with Crippen molar-refractivity contribution >= 4 is 38.9 Å². The van der Waals surface area contributed by atoms with Crippen LogP contribution in [0, 0.1) is 12.7 Å². The number of anilines is 1. The van der Waals surface area contributed by atoms with Crippen molar-refractivity contribution in [2.75, 3.05) is 5.32 Å². The van der Waals surface area contributed by atoms with Gasteiger partial charge < -0.3 is 5.32 Å². The molecule has 0 aliphatic rings. The van der Waals surface area contributed by atoms with Gasteiger partial charge in [0.2, 0.25) is 0 Å². The Morgan fingerprint density at radius 2 is 2.29 bits per heavy atom. The van der Waals surface area contributed by atoms with Crippen molar-refractivity contribution in [3.05, 3.63) is 44.6 Å². The Morgan fingerprint density at radius 3 is 2.88 bits per heavy atom. The molecule has 0 aliphatic heterocycles. The summed E-state index contributed by atoms with van der Waals surface area (Å²) in [5, 5.41) is 4.91. The lowest BCUT2D eigenvalue weighted by atomic mass is 10.3. The molecular formula is C11H8BrFN2OS. The largest absolute Gasteiger partial charge is 0.318 e. The van der Waals surface area contributed by atoms with E-state index in [-0.39, 0.29) is 5.69 Å². The average Bonchev–Trinajstić information content (AvgIpc) is 2.69. The average molecular weight is 315 g/mol. The third-order valence-electron chi connectivity index (χ3n) is 2.03. The third-order valence-corrected chi connectivity index (χ3v) is 3.30. The van der Waals surface area contributed by atoms with E-state index in [1.807, 2.05) is 6.92 Å². The third kappa shape index (κ3) is 2.89. The van der Waals surface area contributed by atoms with Gasteiger partial charge in [0, 0.05) is 9.85 Å². The van der Waals surface area contributed by atoms with Gasteiger partial charge in [0.1, 0.15) is 11.5 Å². The van der Waals surface area contributed by atoms with Gasteiger partial charge in [0.25, 0.3) is 5.91 Å². The quantitative estimate of drug-likeness (QED) is 0.920. The highest BCUT2D eigenvalue weighted by Gasteiger charge is 2.11. The molecule has 6 heteroatoms. The molecule has 0 fully saturated rings. The Labute approximate surface area is 110 Å². The maximum atomic E-state index is 13.5. The van der Waals surface area contributed by atoms with Crippen molar-refractivity contribution in [3.8, 4) is 0 Å². The standard InChI is InChI=1S/C11H8BrFN2OS/c1-6-14-10(5-17-6)11(16)15-9-3-2-7(12)4-8(9)13/h2-5H,1H3,(H,15,16). The Morgan fingerprint density at radius 1 is 1.53 bits per heavy atom. The zero-order chi connectivity index (χ0) is 12.4. The number of thiazole rings is 1. The number of aromatic nitrogens is 1. The Balaban J connectivity index is 2.18. The Bertz CT molecular complexity index is 570. The Kier molecular flexibility index (Phi) is 3.54. The lowest BCUT2D eigenvalue weighted by Crippen LogP contribution is -2.13. The molecular weight excluding hydrogens is 307 g/mol. The van der Waals surface area contributed by atoms with E-state index in [4.69, 9.17) is 0 Å². The molecule has 1 N–H and O–H groups in total. The number of carbonyl (C=O) groups excluding carboxylic acids is 1. The molecule has 0 aliphatic carbocycles. The molecule has 1 aromatic carbocycles. The van der Waals surface area contributed by atoms with E-state index in [1.165, 1.54) is 23.5 Å². The maximum absolute atomic E-state index is 13.5. The monoisotopic (exact) mass is 314 g/mol. The van der Waals surface area contributed by atoms with Crippen LogP contribution in [0.25, 0.3) is 0 Å². The fourth-order valence-corrected chi connectivity index (χ4v) is 2.17. The fraction of sp³-hybridized carbons (Fsp3) is 0.0909. The minimum atomic E-state index is -0.486. The van der Waals surface area contributed by atoms with Gasteiger partial charge >= 0.3 is 0 Å². The van der Waals surface area contributed by atoms with Crippen LogP contribution in [0.1, 0.15) is 15.5 Å². The summed E-state index contributed by atoms with van der Waals surface area (Å²) in [5.74, 6) is -0.893. The fourth-order valence-electron chi connectivity index (χ4n) is 1.24. The first-order chi connectivity index (χ1) is 8.06. The lowest BCUT2D eigenvalue weighted by molar-refractivity contribution is 0.102. The number of rotatable bonds is 2. The van der Waals surface area contributed by atoms with Crippen molar-refractivity contribution < 1.29 is 9.18 Å². The second-order valence-corrected chi connectivity index (χ2v) is 5.31. The van der Waals surface area contributed by atoms with E-state index in [9.17, 15) is 9.18 Å². The molecule has 1 heterocycles. The minimum Gasteiger partial charge on any atom is -0.318 e. The van der Waals surface area contributed by atoms with E-state index < -0.39 is 11.7 Å². The number of nitrogens with one attached hydrogen (secondary N) is 1. The van der Waals surface area contributed by atoms with Gasteiger partial charge in [-0.05, 0) is 25.1 Å². The first-order valence-corrected chi connectivity index (χ1v) is 6.42. The summed E-state index contributed by atoms with van der Waals surface area (Å²) in [7, 11) is 0. The molecule has 88 valence electrons. The highest BCUT2D eigenvalue weighted by atomic mass is 79.9. The van der Waals surface area contributed by atoms with Crippen LogP contribution in [0.5, 0.6) is 0 Å². The smallest absolute Gasteiger partial charge is 0.275 e. The molecule has 1 aromatic heterocycles. The number of halogens is 2. The number of amides is 1. The number of hydrogen-bond acceptors (Lipinski definition) is 3. The molecule has 0 bridgehead atoms. The normalized spacial score (nSPS) is 10.3. The zero-order valence-corrected chi connectivity index (χ0v) is 11.2. The maximum Gasteiger partial charge on any atom is 0.275 e. The first kappa shape index (κ1) is 12.2. The summed E-state index contributed by atoms with van der Waals surface area (Å²) in [6, 6.07) is 4.45. The topological polar surface area (TPSA) is 42.0 Å². The van der Waals surface area contributed by atoms with Gasteiger partial charge in [-0.2, -0.15) is 0 Å². The van der Waals surface area contributed by atoms with Crippen molar-refractivity contribution in [3.63, 3.8) is 0 Å². The second kappa shape index (κ2) is 4.93. The van der Waals surface area contributed by atoms with Gasteiger partial charge in [-0.15, -0.1) is 11.3 Å².